The monoisotopic (exact) mass is 303 g/mol. The number of nitro groups is 1. The molecule has 0 radical (unpaired) electrons. The van der Waals surface area contributed by atoms with E-state index in [0.29, 0.717) is 5.69 Å². The summed E-state index contributed by atoms with van der Waals surface area (Å²) in [7, 11) is 0. The van der Waals surface area contributed by atoms with E-state index in [0.717, 1.165) is 27.5 Å². The van der Waals surface area contributed by atoms with Gasteiger partial charge in [0.15, 0.2) is 0 Å². The molecule has 0 saturated carbocycles. The lowest BCUT2D eigenvalue weighted by Gasteiger charge is -2.08. The molecule has 3 aromatic carbocycles. The SMILES string of the molecule is O=[N+]([O-])c1cccc(Nc2cccc3[nH]c4ccccc4c23)c1. The number of H-pyrrole nitrogens is 1. The maximum absolute atomic E-state index is 10.9. The van der Waals surface area contributed by atoms with E-state index in [1.807, 2.05) is 42.5 Å². The molecule has 0 spiro atoms. The van der Waals surface area contributed by atoms with Crippen molar-refractivity contribution in [2.24, 2.45) is 0 Å². The Labute approximate surface area is 131 Å². The number of hydrogen-bond acceptors (Lipinski definition) is 3. The maximum Gasteiger partial charge on any atom is 0.271 e. The second kappa shape index (κ2) is 5.14. The molecule has 0 aliphatic rings. The molecule has 112 valence electrons. The Morgan fingerprint density at radius 3 is 2.57 bits per heavy atom. The molecule has 5 nitrogen and oxygen atoms in total. The maximum atomic E-state index is 10.9. The highest BCUT2D eigenvalue weighted by Gasteiger charge is 2.10. The first kappa shape index (κ1) is 13.3. The minimum absolute atomic E-state index is 0.0705. The van der Waals surface area contributed by atoms with E-state index in [4.69, 9.17) is 0 Å². The lowest BCUT2D eigenvalue weighted by Crippen LogP contribution is -1.93. The van der Waals surface area contributed by atoms with Crippen LogP contribution in [0, 0.1) is 10.1 Å². The highest BCUT2D eigenvalue weighted by Crippen LogP contribution is 2.33. The molecular formula is C18H13N3O2. The Bertz CT molecular complexity index is 1040. The van der Waals surface area contributed by atoms with Gasteiger partial charge in [-0.2, -0.15) is 0 Å². The number of fused-ring (bicyclic) bond motifs is 3. The van der Waals surface area contributed by atoms with Gasteiger partial charge in [-0.1, -0.05) is 30.3 Å². The van der Waals surface area contributed by atoms with Crippen LogP contribution in [0.1, 0.15) is 0 Å². The van der Waals surface area contributed by atoms with Crippen molar-refractivity contribution in [3.8, 4) is 0 Å². The van der Waals surface area contributed by atoms with Crippen LogP contribution >= 0.6 is 0 Å². The number of benzene rings is 3. The normalized spacial score (nSPS) is 11.0. The Balaban J connectivity index is 1.86. The van der Waals surface area contributed by atoms with Gasteiger partial charge in [-0.3, -0.25) is 10.1 Å². The summed E-state index contributed by atoms with van der Waals surface area (Å²) in [6.07, 6.45) is 0. The first-order valence-corrected chi connectivity index (χ1v) is 7.23. The predicted molar refractivity (Wildman–Crippen MR) is 92.2 cm³/mol. The molecule has 0 fully saturated rings. The van der Waals surface area contributed by atoms with Crippen molar-refractivity contribution in [3.05, 3.63) is 76.8 Å². The molecule has 0 saturated heterocycles. The zero-order valence-electron chi connectivity index (χ0n) is 12.1. The van der Waals surface area contributed by atoms with Crippen LogP contribution in [0.15, 0.2) is 66.7 Å². The number of nitro benzene ring substituents is 1. The van der Waals surface area contributed by atoms with Gasteiger partial charge >= 0.3 is 0 Å². The number of non-ortho nitro benzene ring substituents is 1. The molecule has 0 atom stereocenters. The standard InChI is InChI=1S/C18H13N3O2/c22-21(23)13-6-3-5-12(11-13)19-16-9-4-10-17-18(16)14-7-1-2-8-15(14)20-17/h1-11,19-20H. The molecule has 4 rings (SSSR count). The number of hydrogen-bond donors (Lipinski definition) is 2. The molecular weight excluding hydrogens is 290 g/mol. The van der Waals surface area contributed by atoms with Gasteiger partial charge in [-0.05, 0) is 24.3 Å². The zero-order chi connectivity index (χ0) is 15.8. The van der Waals surface area contributed by atoms with Crippen LogP contribution in [-0.2, 0) is 0 Å². The lowest BCUT2D eigenvalue weighted by molar-refractivity contribution is -0.384. The van der Waals surface area contributed by atoms with E-state index >= 15 is 0 Å². The summed E-state index contributed by atoms with van der Waals surface area (Å²) < 4.78 is 0. The summed E-state index contributed by atoms with van der Waals surface area (Å²) in [5, 5.41) is 16.4. The van der Waals surface area contributed by atoms with Gasteiger partial charge in [0, 0.05) is 45.3 Å². The highest BCUT2D eigenvalue weighted by atomic mass is 16.6. The van der Waals surface area contributed by atoms with E-state index in [2.05, 4.69) is 16.4 Å². The van der Waals surface area contributed by atoms with E-state index < -0.39 is 4.92 Å². The molecule has 0 amide bonds. The Morgan fingerprint density at radius 1 is 0.913 bits per heavy atom. The second-order valence-electron chi connectivity index (χ2n) is 5.33. The molecule has 0 aliphatic heterocycles. The number of para-hydroxylation sites is 1. The first-order valence-electron chi connectivity index (χ1n) is 7.23. The molecule has 0 bridgehead atoms. The van der Waals surface area contributed by atoms with Gasteiger partial charge in [-0.15, -0.1) is 0 Å². The summed E-state index contributed by atoms with van der Waals surface area (Å²) in [5.41, 5.74) is 3.77. The number of nitrogens with zero attached hydrogens (tertiary/aromatic N) is 1. The topological polar surface area (TPSA) is 71.0 Å². The fourth-order valence-electron chi connectivity index (χ4n) is 2.86. The third-order valence-corrected chi connectivity index (χ3v) is 3.87. The van der Waals surface area contributed by atoms with Crippen molar-refractivity contribution < 1.29 is 4.92 Å². The number of aromatic amines is 1. The predicted octanol–water partition coefficient (Wildman–Crippen LogP) is 4.97. The van der Waals surface area contributed by atoms with Crippen LogP contribution in [0.4, 0.5) is 17.1 Å². The first-order chi connectivity index (χ1) is 11.2. The summed E-state index contributed by atoms with van der Waals surface area (Å²) >= 11 is 0. The van der Waals surface area contributed by atoms with Crippen LogP contribution in [0.2, 0.25) is 0 Å². The lowest BCUT2D eigenvalue weighted by atomic mass is 10.1. The number of anilines is 2. The summed E-state index contributed by atoms with van der Waals surface area (Å²) in [4.78, 5) is 13.9. The fraction of sp³-hybridized carbons (Fsp3) is 0. The zero-order valence-corrected chi connectivity index (χ0v) is 12.1. The van der Waals surface area contributed by atoms with E-state index in [1.165, 1.54) is 12.1 Å². The molecule has 0 aliphatic carbocycles. The third-order valence-electron chi connectivity index (χ3n) is 3.87. The highest BCUT2D eigenvalue weighted by molar-refractivity contribution is 6.13. The molecule has 0 unspecified atom stereocenters. The van der Waals surface area contributed by atoms with Crippen molar-refractivity contribution in [3.63, 3.8) is 0 Å². The van der Waals surface area contributed by atoms with Gasteiger partial charge in [0.2, 0.25) is 0 Å². The number of nitrogens with one attached hydrogen (secondary N) is 2. The Morgan fingerprint density at radius 2 is 1.70 bits per heavy atom. The van der Waals surface area contributed by atoms with Crippen LogP contribution in [-0.4, -0.2) is 9.91 Å². The molecule has 4 aromatic rings. The van der Waals surface area contributed by atoms with Crippen LogP contribution in [0.25, 0.3) is 21.8 Å². The van der Waals surface area contributed by atoms with Gasteiger partial charge in [0.25, 0.3) is 5.69 Å². The van der Waals surface area contributed by atoms with E-state index in [1.54, 1.807) is 6.07 Å². The molecule has 23 heavy (non-hydrogen) atoms. The molecule has 5 heteroatoms. The largest absolute Gasteiger partial charge is 0.355 e. The molecule has 1 aromatic heterocycles. The Hall–Kier alpha value is -3.34. The van der Waals surface area contributed by atoms with Crippen LogP contribution < -0.4 is 5.32 Å². The van der Waals surface area contributed by atoms with Crippen molar-refractivity contribution in [2.75, 3.05) is 5.32 Å². The minimum Gasteiger partial charge on any atom is -0.355 e. The quantitative estimate of drug-likeness (QED) is 0.414. The summed E-state index contributed by atoms with van der Waals surface area (Å²) in [6, 6.07) is 20.6. The van der Waals surface area contributed by atoms with E-state index in [9.17, 15) is 10.1 Å². The minimum atomic E-state index is -0.391. The van der Waals surface area contributed by atoms with Crippen LogP contribution in [0.3, 0.4) is 0 Å². The second-order valence-corrected chi connectivity index (χ2v) is 5.33. The Kier molecular flexibility index (Phi) is 2.98. The number of rotatable bonds is 3. The van der Waals surface area contributed by atoms with E-state index in [-0.39, 0.29) is 5.69 Å². The average molecular weight is 303 g/mol. The number of aromatic nitrogens is 1. The van der Waals surface area contributed by atoms with Gasteiger partial charge < -0.3 is 10.3 Å². The van der Waals surface area contributed by atoms with Gasteiger partial charge in [0.05, 0.1) is 4.92 Å². The van der Waals surface area contributed by atoms with Crippen molar-refractivity contribution >= 4 is 38.9 Å². The smallest absolute Gasteiger partial charge is 0.271 e. The van der Waals surface area contributed by atoms with Gasteiger partial charge in [-0.25, -0.2) is 0 Å². The third kappa shape index (κ3) is 2.28. The fourth-order valence-corrected chi connectivity index (χ4v) is 2.86. The summed E-state index contributed by atoms with van der Waals surface area (Å²) in [6.45, 7) is 0. The molecule has 2 N–H and O–H groups in total. The van der Waals surface area contributed by atoms with Crippen molar-refractivity contribution in [2.45, 2.75) is 0 Å². The van der Waals surface area contributed by atoms with Crippen molar-refractivity contribution in [1.82, 2.24) is 4.98 Å². The van der Waals surface area contributed by atoms with Crippen molar-refractivity contribution in [1.29, 1.82) is 0 Å². The van der Waals surface area contributed by atoms with Crippen LogP contribution in [0.5, 0.6) is 0 Å². The molecule has 1 heterocycles. The van der Waals surface area contributed by atoms with Gasteiger partial charge in [0.1, 0.15) is 0 Å². The average Bonchev–Trinajstić information content (AvgIpc) is 2.94. The summed E-state index contributed by atoms with van der Waals surface area (Å²) in [5.74, 6) is 0.